The zero-order valence-corrected chi connectivity index (χ0v) is 11.1. The second-order valence-electron chi connectivity index (χ2n) is 4.19. The van der Waals surface area contributed by atoms with Crippen LogP contribution in [0.4, 0.5) is 4.39 Å². The number of benzene rings is 1. The molecule has 0 aliphatic heterocycles. The number of rotatable bonds is 4. The molecule has 1 aromatic carbocycles. The third-order valence-electron chi connectivity index (χ3n) is 2.92. The topological polar surface area (TPSA) is 29.9 Å². The summed E-state index contributed by atoms with van der Waals surface area (Å²) in [6.07, 6.45) is 3.61. The summed E-state index contributed by atoms with van der Waals surface area (Å²) in [5.74, 6) is 0.608. The van der Waals surface area contributed by atoms with Gasteiger partial charge in [0, 0.05) is 36.1 Å². The first-order chi connectivity index (χ1) is 8.59. The number of halogens is 2. The summed E-state index contributed by atoms with van der Waals surface area (Å²) in [6.45, 7) is 2.45. The molecular formula is C13H15ClFN3. The number of hydrogen-bond donors (Lipinski definition) is 1. The lowest BCUT2D eigenvalue weighted by atomic mass is 10.1. The lowest BCUT2D eigenvalue weighted by molar-refractivity contribution is 0.515. The van der Waals surface area contributed by atoms with Crippen LogP contribution in [-0.2, 0) is 13.6 Å². The van der Waals surface area contributed by atoms with Crippen molar-refractivity contribution < 1.29 is 4.39 Å². The Bertz CT molecular complexity index is 519. The van der Waals surface area contributed by atoms with E-state index in [0.717, 1.165) is 5.82 Å². The summed E-state index contributed by atoms with van der Waals surface area (Å²) in [4.78, 5) is 4.20. The summed E-state index contributed by atoms with van der Waals surface area (Å²) in [5.41, 5.74) is 0.494. The van der Waals surface area contributed by atoms with E-state index >= 15 is 0 Å². The molecule has 1 atom stereocenters. The van der Waals surface area contributed by atoms with Crippen molar-refractivity contribution in [3.8, 4) is 0 Å². The van der Waals surface area contributed by atoms with Crippen LogP contribution in [0.15, 0.2) is 30.6 Å². The summed E-state index contributed by atoms with van der Waals surface area (Å²) in [7, 11) is 1.92. The number of hydrogen-bond acceptors (Lipinski definition) is 2. The highest BCUT2D eigenvalue weighted by molar-refractivity contribution is 6.31. The van der Waals surface area contributed by atoms with Gasteiger partial charge in [-0.1, -0.05) is 17.7 Å². The molecule has 0 spiro atoms. The van der Waals surface area contributed by atoms with Crippen LogP contribution in [0, 0.1) is 5.82 Å². The average molecular weight is 268 g/mol. The molecule has 1 aromatic heterocycles. The minimum Gasteiger partial charge on any atom is -0.337 e. The molecule has 18 heavy (non-hydrogen) atoms. The van der Waals surface area contributed by atoms with Crippen LogP contribution in [0.1, 0.15) is 24.4 Å². The van der Waals surface area contributed by atoms with Crippen molar-refractivity contribution in [1.82, 2.24) is 14.9 Å². The Balaban J connectivity index is 2.08. The van der Waals surface area contributed by atoms with E-state index in [1.807, 2.05) is 24.7 Å². The first kappa shape index (κ1) is 13.1. The number of imidazole rings is 1. The van der Waals surface area contributed by atoms with Gasteiger partial charge in [-0.2, -0.15) is 0 Å². The zero-order chi connectivity index (χ0) is 13.1. The molecule has 0 aliphatic carbocycles. The SMILES string of the molecule is CC(NCc1nccn1C)c1c(F)cccc1Cl. The van der Waals surface area contributed by atoms with Gasteiger partial charge in [-0.25, -0.2) is 9.37 Å². The quantitative estimate of drug-likeness (QED) is 0.923. The van der Waals surface area contributed by atoms with Crippen LogP contribution in [0.5, 0.6) is 0 Å². The van der Waals surface area contributed by atoms with Crippen molar-refractivity contribution in [1.29, 1.82) is 0 Å². The summed E-state index contributed by atoms with van der Waals surface area (Å²) < 4.78 is 15.6. The van der Waals surface area contributed by atoms with E-state index in [2.05, 4.69) is 10.3 Å². The van der Waals surface area contributed by atoms with Crippen molar-refractivity contribution in [2.75, 3.05) is 0 Å². The Morgan fingerprint density at radius 3 is 2.89 bits per heavy atom. The van der Waals surface area contributed by atoms with E-state index < -0.39 is 0 Å². The molecule has 1 heterocycles. The second-order valence-corrected chi connectivity index (χ2v) is 4.60. The molecule has 0 aliphatic rings. The van der Waals surface area contributed by atoms with Gasteiger partial charge in [-0.15, -0.1) is 0 Å². The van der Waals surface area contributed by atoms with Crippen LogP contribution in [0.3, 0.4) is 0 Å². The number of nitrogens with zero attached hydrogens (tertiary/aromatic N) is 2. The predicted molar refractivity (Wildman–Crippen MR) is 69.9 cm³/mol. The van der Waals surface area contributed by atoms with Crippen LogP contribution in [-0.4, -0.2) is 9.55 Å². The van der Waals surface area contributed by atoms with Crippen molar-refractivity contribution in [3.63, 3.8) is 0 Å². The fraction of sp³-hybridized carbons (Fsp3) is 0.308. The van der Waals surface area contributed by atoms with E-state index in [4.69, 9.17) is 11.6 Å². The fourth-order valence-corrected chi connectivity index (χ4v) is 2.16. The van der Waals surface area contributed by atoms with Crippen molar-refractivity contribution in [2.24, 2.45) is 7.05 Å². The first-order valence-electron chi connectivity index (χ1n) is 5.73. The summed E-state index contributed by atoms with van der Waals surface area (Å²) in [5, 5.41) is 3.66. The molecular weight excluding hydrogens is 253 g/mol. The van der Waals surface area contributed by atoms with E-state index in [-0.39, 0.29) is 11.9 Å². The Kier molecular flexibility index (Phi) is 3.99. The highest BCUT2D eigenvalue weighted by atomic mass is 35.5. The van der Waals surface area contributed by atoms with Gasteiger partial charge in [-0.05, 0) is 19.1 Å². The van der Waals surface area contributed by atoms with Gasteiger partial charge in [0.05, 0.1) is 6.54 Å². The van der Waals surface area contributed by atoms with Crippen LogP contribution < -0.4 is 5.32 Å². The summed E-state index contributed by atoms with van der Waals surface area (Å²) >= 11 is 6.02. The smallest absolute Gasteiger partial charge is 0.129 e. The van der Waals surface area contributed by atoms with E-state index in [9.17, 15) is 4.39 Å². The normalized spacial score (nSPS) is 12.7. The molecule has 2 aromatic rings. The number of aryl methyl sites for hydroxylation is 1. The van der Waals surface area contributed by atoms with Gasteiger partial charge in [0.25, 0.3) is 0 Å². The highest BCUT2D eigenvalue weighted by Gasteiger charge is 2.14. The maximum Gasteiger partial charge on any atom is 0.129 e. The molecule has 96 valence electrons. The van der Waals surface area contributed by atoms with E-state index in [1.165, 1.54) is 6.07 Å². The molecule has 0 saturated carbocycles. The van der Waals surface area contributed by atoms with Gasteiger partial charge >= 0.3 is 0 Å². The minimum absolute atomic E-state index is 0.171. The standard InChI is InChI=1S/C13H15ClFN3/c1-9(13-10(14)4-3-5-11(13)15)17-8-12-16-6-7-18(12)2/h3-7,9,17H,8H2,1-2H3. The second kappa shape index (κ2) is 5.50. The van der Waals surface area contributed by atoms with Gasteiger partial charge in [0.15, 0.2) is 0 Å². The Labute approximate surface area is 111 Å². The molecule has 5 heteroatoms. The Morgan fingerprint density at radius 2 is 2.28 bits per heavy atom. The highest BCUT2D eigenvalue weighted by Crippen LogP contribution is 2.25. The van der Waals surface area contributed by atoms with E-state index in [1.54, 1.807) is 18.3 Å². The van der Waals surface area contributed by atoms with Gasteiger partial charge in [-0.3, -0.25) is 0 Å². The number of nitrogens with one attached hydrogen (secondary N) is 1. The zero-order valence-electron chi connectivity index (χ0n) is 10.3. The van der Waals surface area contributed by atoms with E-state index in [0.29, 0.717) is 17.1 Å². The molecule has 0 fully saturated rings. The third-order valence-corrected chi connectivity index (χ3v) is 3.25. The van der Waals surface area contributed by atoms with Gasteiger partial charge in [0.1, 0.15) is 11.6 Å². The van der Waals surface area contributed by atoms with Gasteiger partial charge < -0.3 is 9.88 Å². The lowest BCUT2D eigenvalue weighted by Crippen LogP contribution is -2.21. The van der Waals surface area contributed by atoms with Crippen molar-refractivity contribution in [2.45, 2.75) is 19.5 Å². The van der Waals surface area contributed by atoms with Gasteiger partial charge in [0.2, 0.25) is 0 Å². The fourth-order valence-electron chi connectivity index (χ4n) is 1.84. The molecule has 3 nitrogen and oxygen atoms in total. The van der Waals surface area contributed by atoms with Crippen LogP contribution >= 0.6 is 11.6 Å². The average Bonchev–Trinajstić information content (AvgIpc) is 2.72. The Hall–Kier alpha value is -1.39. The molecule has 0 saturated heterocycles. The molecule has 1 N–H and O–H groups in total. The molecule has 0 radical (unpaired) electrons. The monoisotopic (exact) mass is 267 g/mol. The number of aromatic nitrogens is 2. The lowest BCUT2D eigenvalue weighted by Gasteiger charge is -2.16. The molecule has 1 unspecified atom stereocenters. The minimum atomic E-state index is -0.289. The first-order valence-corrected chi connectivity index (χ1v) is 6.11. The maximum atomic E-state index is 13.7. The van der Waals surface area contributed by atoms with Crippen LogP contribution in [0.2, 0.25) is 5.02 Å². The van der Waals surface area contributed by atoms with Crippen molar-refractivity contribution in [3.05, 3.63) is 52.8 Å². The maximum absolute atomic E-state index is 13.7. The molecule has 0 bridgehead atoms. The summed E-state index contributed by atoms with van der Waals surface area (Å²) in [6, 6.07) is 4.54. The Morgan fingerprint density at radius 1 is 1.50 bits per heavy atom. The predicted octanol–water partition coefficient (Wildman–Crippen LogP) is 3.06. The molecule has 2 rings (SSSR count). The largest absolute Gasteiger partial charge is 0.337 e. The van der Waals surface area contributed by atoms with Crippen molar-refractivity contribution >= 4 is 11.6 Å². The molecule has 0 amide bonds. The van der Waals surface area contributed by atoms with Crippen LogP contribution in [0.25, 0.3) is 0 Å². The third kappa shape index (κ3) is 2.71.